The van der Waals surface area contributed by atoms with Crippen LogP contribution in [-0.4, -0.2) is 30.3 Å². The third kappa shape index (κ3) is 4.35. The summed E-state index contributed by atoms with van der Waals surface area (Å²) in [6.07, 6.45) is 2.76. The van der Waals surface area contributed by atoms with Crippen molar-refractivity contribution in [1.82, 2.24) is 14.7 Å². The number of fused-ring (bicyclic) bond motifs is 1. The summed E-state index contributed by atoms with van der Waals surface area (Å²) in [4.78, 5) is 16.9. The van der Waals surface area contributed by atoms with Crippen LogP contribution in [0.3, 0.4) is 0 Å². The van der Waals surface area contributed by atoms with Crippen molar-refractivity contribution < 1.29 is 13.2 Å². The lowest BCUT2D eigenvalue weighted by Gasteiger charge is -2.07. The molecule has 0 aliphatic heterocycles. The summed E-state index contributed by atoms with van der Waals surface area (Å²) in [6.45, 7) is 4.36. The van der Waals surface area contributed by atoms with Gasteiger partial charge in [-0.2, -0.15) is 0 Å². The number of rotatable bonds is 6. The Hall–Kier alpha value is -2.71. The molecular formula is C19H22N4O3S. The number of sulfonamides is 1. The number of nitrogens with one attached hydrogen (secondary N) is 1. The molecular weight excluding hydrogens is 364 g/mol. The van der Waals surface area contributed by atoms with Gasteiger partial charge in [-0.3, -0.25) is 4.79 Å². The number of aromatic nitrogens is 2. The molecule has 0 fully saturated rings. The largest absolute Gasteiger partial charge is 0.355 e. The summed E-state index contributed by atoms with van der Waals surface area (Å²) in [6, 6.07) is 10.3. The topological polar surface area (TPSA) is 107 Å². The van der Waals surface area contributed by atoms with E-state index in [1.807, 2.05) is 36.6 Å². The number of benzene rings is 1. The average Bonchev–Trinajstić information content (AvgIpc) is 2.92. The molecule has 3 rings (SSSR count). The second-order valence-electron chi connectivity index (χ2n) is 6.49. The first-order valence-corrected chi connectivity index (χ1v) is 10.1. The summed E-state index contributed by atoms with van der Waals surface area (Å²) < 4.78 is 24.5. The quantitative estimate of drug-likeness (QED) is 0.669. The highest BCUT2D eigenvalue weighted by Crippen LogP contribution is 2.15. The van der Waals surface area contributed by atoms with Crippen LogP contribution in [0.2, 0.25) is 0 Å². The second kappa shape index (κ2) is 7.50. The van der Waals surface area contributed by atoms with Crippen molar-refractivity contribution in [2.75, 3.05) is 6.54 Å². The molecule has 0 aliphatic carbocycles. The standard InChI is InChI=1S/C19H22N4O3S/c1-13-4-3-11-23-17(14(2)22-19(13)23)12-18(24)21-10-9-15-5-7-16(8-6-15)27(20,25)26/h3-8,11H,9-10,12H2,1-2H3,(H,21,24)(H2,20,25,26). The average molecular weight is 386 g/mol. The summed E-state index contributed by atoms with van der Waals surface area (Å²) in [5.74, 6) is -0.0810. The van der Waals surface area contributed by atoms with Gasteiger partial charge in [0, 0.05) is 12.7 Å². The lowest BCUT2D eigenvalue weighted by Crippen LogP contribution is -2.28. The van der Waals surface area contributed by atoms with E-state index in [2.05, 4.69) is 10.3 Å². The van der Waals surface area contributed by atoms with Crippen molar-refractivity contribution in [3.05, 3.63) is 65.1 Å². The Bertz CT molecular complexity index is 1090. The Morgan fingerprint density at radius 1 is 1.19 bits per heavy atom. The molecule has 0 radical (unpaired) electrons. The van der Waals surface area contributed by atoms with E-state index in [-0.39, 0.29) is 17.2 Å². The molecule has 3 N–H and O–H groups in total. The van der Waals surface area contributed by atoms with E-state index < -0.39 is 10.0 Å². The van der Waals surface area contributed by atoms with Gasteiger partial charge in [0.25, 0.3) is 0 Å². The number of amides is 1. The molecule has 0 aliphatic rings. The normalized spacial score (nSPS) is 11.7. The van der Waals surface area contributed by atoms with Gasteiger partial charge in [0.2, 0.25) is 15.9 Å². The molecule has 1 aromatic carbocycles. The van der Waals surface area contributed by atoms with Crippen LogP contribution in [0, 0.1) is 13.8 Å². The number of aryl methyl sites for hydroxylation is 2. The van der Waals surface area contributed by atoms with E-state index >= 15 is 0 Å². The highest BCUT2D eigenvalue weighted by atomic mass is 32.2. The summed E-state index contributed by atoms with van der Waals surface area (Å²) >= 11 is 0. The Balaban J connectivity index is 1.59. The fraction of sp³-hybridized carbons (Fsp3) is 0.263. The van der Waals surface area contributed by atoms with Crippen LogP contribution < -0.4 is 10.5 Å². The number of nitrogens with zero attached hydrogens (tertiary/aromatic N) is 2. The van der Waals surface area contributed by atoms with Crippen LogP contribution in [0.5, 0.6) is 0 Å². The minimum absolute atomic E-state index is 0.0775. The zero-order chi connectivity index (χ0) is 19.6. The maximum Gasteiger partial charge on any atom is 0.238 e. The van der Waals surface area contributed by atoms with Crippen molar-refractivity contribution >= 4 is 21.6 Å². The number of nitrogens with two attached hydrogens (primary N) is 1. The number of hydrogen-bond donors (Lipinski definition) is 2. The van der Waals surface area contributed by atoms with Crippen molar-refractivity contribution in [3.8, 4) is 0 Å². The highest BCUT2D eigenvalue weighted by molar-refractivity contribution is 7.89. The first-order chi connectivity index (χ1) is 12.8. The maximum absolute atomic E-state index is 12.3. The van der Waals surface area contributed by atoms with Gasteiger partial charge >= 0.3 is 0 Å². The smallest absolute Gasteiger partial charge is 0.238 e. The molecule has 142 valence electrons. The Morgan fingerprint density at radius 3 is 2.56 bits per heavy atom. The van der Waals surface area contributed by atoms with E-state index in [4.69, 9.17) is 5.14 Å². The molecule has 0 atom stereocenters. The number of imidazole rings is 1. The molecule has 2 aromatic heterocycles. The number of carbonyl (C=O) groups excluding carboxylic acids is 1. The van der Waals surface area contributed by atoms with Crippen molar-refractivity contribution in [2.45, 2.75) is 31.6 Å². The predicted molar refractivity (Wildman–Crippen MR) is 103 cm³/mol. The number of hydrogen-bond acceptors (Lipinski definition) is 4. The van der Waals surface area contributed by atoms with Crippen LogP contribution in [0.15, 0.2) is 47.5 Å². The SMILES string of the molecule is Cc1nc2c(C)cccn2c1CC(=O)NCCc1ccc(S(N)(=O)=O)cc1. The molecule has 0 saturated carbocycles. The number of pyridine rings is 1. The second-order valence-corrected chi connectivity index (χ2v) is 8.06. The molecule has 0 bridgehead atoms. The monoisotopic (exact) mass is 386 g/mol. The van der Waals surface area contributed by atoms with E-state index in [0.717, 1.165) is 28.2 Å². The first-order valence-electron chi connectivity index (χ1n) is 8.57. The van der Waals surface area contributed by atoms with Gasteiger partial charge in [-0.1, -0.05) is 18.2 Å². The summed E-state index contributed by atoms with van der Waals surface area (Å²) in [5, 5.41) is 7.98. The molecule has 0 spiro atoms. The zero-order valence-corrected chi connectivity index (χ0v) is 16.1. The molecule has 1 amide bonds. The Labute approximate surface area is 158 Å². The van der Waals surface area contributed by atoms with Gasteiger partial charge in [0.15, 0.2) is 0 Å². The van der Waals surface area contributed by atoms with Gasteiger partial charge < -0.3 is 9.72 Å². The van der Waals surface area contributed by atoms with Crippen molar-refractivity contribution in [3.63, 3.8) is 0 Å². The van der Waals surface area contributed by atoms with Gasteiger partial charge in [-0.05, 0) is 49.6 Å². The maximum atomic E-state index is 12.3. The fourth-order valence-electron chi connectivity index (χ4n) is 2.99. The van der Waals surface area contributed by atoms with Crippen LogP contribution in [0.1, 0.15) is 22.5 Å². The number of carbonyl (C=O) groups is 1. The highest BCUT2D eigenvalue weighted by Gasteiger charge is 2.13. The van der Waals surface area contributed by atoms with Crippen molar-refractivity contribution in [1.29, 1.82) is 0 Å². The van der Waals surface area contributed by atoms with Crippen LogP contribution in [0.25, 0.3) is 5.65 Å². The Morgan fingerprint density at radius 2 is 1.89 bits per heavy atom. The number of primary sulfonamides is 1. The lowest BCUT2D eigenvalue weighted by atomic mass is 10.1. The van der Waals surface area contributed by atoms with Crippen LogP contribution in [0.4, 0.5) is 0 Å². The minimum Gasteiger partial charge on any atom is -0.355 e. The molecule has 2 heterocycles. The first kappa shape index (κ1) is 19.1. The van der Waals surface area contributed by atoms with E-state index in [9.17, 15) is 13.2 Å². The molecule has 8 heteroatoms. The van der Waals surface area contributed by atoms with Crippen LogP contribution >= 0.6 is 0 Å². The molecule has 7 nitrogen and oxygen atoms in total. The van der Waals surface area contributed by atoms with Crippen LogP contribution in [-0.2, 0) is 27.7 Å². The molecule has 27 heavy (non-hydrogen) atoms. The predicted octanol–water partition coefficient (Wildman–Crippen LogP) is 1.50. The molecule has 0 unspecified atom stereocenters. The third-order valence-electron chi connectivity index (χ3n) is 4.46. The lowest BCUT2D eigenvalue weighted by molar-refractivity contribution is -0.120. The third-order valence-corrected chi connectivity index (χ3v) is 5.39. The summed E-state index contributed by atoms with van der Waals surface area (Å²) in [5.41, 5.74) is 4.58. The van der Waals surface area contributed by atoms with E-state index in [0.29, 0.717) is 13.0 Å². The minimum atomic E-state index is -3.69. The van der Waals surface area contributed by atoms with Gasteiger partial charge in [-0.25, -0.2) is 18.5 Å². The van der Waals surface area contributed by atoms with Gasteiger partial charge in [0.05, 0.1) is 22.7 Å². The van der Waals surface area contributed by atoms with E-state index in [1.165, 1.54) is 12.1 Å². The van der Waals surface area contributed by atoms with E-state index in [1.54, 1.807) is 12.1 Å². The zero-order valence-electron chi connectivity index (χ0n) is 15.3. The Kier molecular flexibility index (Phi) is 5.29. The summed E-state index contributed by atoms with van der Waals surface area (Å²) in [7, 11) is -3.69. The van der Waals surface area contributed by atoms with Gasteiger partial charge in [-0.15, -0.1) is 0 Å². The molecule has 0 saturated heterocycles. The molecule has 3 aromatic rings. The van der Waals surface area contributed by atoms with Crippen molar-refractivity contribution in [2.24, 2.45) is 5.14 Å². The fourth-order valence-corrected chi connectivity index (χ4v) is 3.50. The van der Waals surface area contributed by atoms with Gasteiger partial charge in [0.1, 0.15) is 5.65 Å².